The van der Waals surface area contributed by atoms with Crippen molar-refractivity contribution in [2.75, 3.05) is 0 Å². The van der Waals surface area contributed by atoms with Gasteiger partial charge in [-0.3, -0.25) is 4.57 Å². The number of benzene rings is 2. The van der Waals surface area contributed by atoms with Gasteiger partial charge in [0.15, 0.2) is 11.6 Å². The van der Waals surface area contributed by atoms with Gasteiger partial charge in [-0.05, 0) is 42.5 Å². The number of nitrogens with zero attached hydrogens (tertiary/aromatic N) is 2. The van der Waals surface area contributed by atoms with Crippen molar-refractivity contribution in [1.29, 1.82) is 0 Å². The Balaban J connectivity index is 2.08. The molecule has 21 heavy (non-hydrogen) atoms. The molecule has 0 fully saturated rings. The minimum Gasteiger partial charge on any atom is -0.461 e. The minimum atomic E-state index is 0.756. The molecule has 0 spiro atoms. The Labute approximate surface area is 130 Å². The summed E-state index contributed by atoms with van der Waals surface area (Å²) in [5, 5.41) is 0. The zero-order valence-electron chi connectivity index (χ0n) is 11.0. The summed E-state index contributed by atoms with van der Waals surface area (Å²) >= 11 is 3.53. The highest BCUT2D eigenvalue weighted by atomic mass is 79.9. The number of imidazole rings is 1. The van der Waals surface area contributed by atoms with Crippen molar-refractivity contribution < 1.29 is 4.42 Å². The molecule has 3 nitrogen and oxygen atoms in total. The van der Waals surface area contributed by atoms with Crippen LogP contribution in [-0.2, 0) is 0 Å². The molecule has 0 aliphatic rings. The van der Waals surface area contributed by atoms with Crippen LogP contribution < -0.4 is 0 Å². The van der Waals surface area contributed by atoms with Crippen LogP contribution >= 0.6 is 15.9 Å². The first kappa shape index (κ1) is 12.4. The summed E-state index contributed by atoms with van der Waals surface area (Å²) in [6.45, 7) is 0. The fraction of sp³-hybridized carbons (Fsp3) is 0. The first-order valence-corrected chi connectivity index (χ1v) is 7.39. The summed E-state index contributed by atoms with van der Waals surface area (Å²) in [4.78, 5) is 4.72. The number of rotatable bonds is 2. The number of para-hydroxylation sites is 2. The number of hydrogen-bond donors (Lipinski definition) is 0. The smallest absolute Gasteiger partial charge is 0.181 e. The van der Waals surface area contributed by atoms with E-state index in [0.717, 1.165) is 32.8 Å². The van der Waals surface area contributed by atoms with Crippen molar-refractivity contribution in [3.05, 3.63) is 71.4 Å². The van der Waals surface area contributed by atoms with Gasteiger partial charge in [-0.1, -0.05) is 34.1 Å². The molecule has 102 valence electrons. The molecular weight excluding hydrogens is 328 g/mol. The summed E-state index contributed by atoms with van der Waals surface area (Å²) in [5.74, 6) is 1.56. The molecule has 0 radical (unpaired) electrons. The fourth-order valence-electron chi connectivity index (χ4n) is 2.47. The van der Waals surface area contributed by atoms with Gasteiger partial charge in [0.25, 0.3) is 0 Å². The maximum absolute atomic E-state index is 5.55. The highest BCUT2D eigenvalue weighted by Crippen LogP contribution is 2.29. The number of hydrogen-bond acceptors (Lipinski definition) is 2. The number of halogens is 1. The van der Waals surface area contributed by atoms with Gasteiger partial charge in [-0.2, -0.15) is 0 Å². The molecule has 0 N–H and O–H groups in total. The first-order valence-electron chi connectivity index (χ1n) is 6.60. The van der Waals surface area contributed by atoms with Crippen LogP contribution in [0.5, 0.6) is 0 Å². The van der Waals surface area contributed by atoms with Crippen LogP contribution in [0.25, 0.3) is 28.3 Å². The van der Waals surface area contributed by atoms with E-state index >= 15 is 0 Å². The third kappa shape index (κ3) is 2.08. The van der Waals surface area contributed by atoms with E-state index in [1.54, 1.807) is 6.26 Å². The Morgan fingerprint density at radius 3 is 2.67 bits per heavy atom. The van der Waals surface area contributed by atoms with Crippen LogP contribution in [-0.4, -0.2) is 9.55 Å². The zero-order valence-corrected chi connectivity index (χ0v) is 12.6. The highest BCUT2D eigenvalue weighted by molar-refractivity contribution is 9.10. The number of fused-ring (bicyclic) bond motifs is 1. The van der Waals surface area contributed by atoms with E-state index in [2.05, 4.69) is 38.7 Å². The quantitative estimate of drug-likeness (QED) is 0.512. The first-order chi connectivity index (χ1) is 10.3. The molecule has 0 saturated carbocycles. The van der Waals surface area contributed by atoms with Gasteiger partial charge in [0.1, 0.15) is 0 Å². The van der Waals surface area contributed by atoms with E-state index in [-0.39, 0.29) is 0 Å². The van der Waals surface area contributed by atoms with Crippen molar-refractivity contribution >= 4 is 27.0 Å². The average molecular weight is 339 g/mol. The van der Waals surface area contributed by atoms with Gasteiger partial charge >= 0.3 is 0 Å². The SMILES string of the molecule is Brc1cccc(-n2c(-c3ccco3)nc3ccccc32)c1. The van der Waals surface area contributed by atoms with Gasteiger partial charge < -0.3 is 4.42 Å². The highest BCUT2D eigenvalue weighted by Gasteiger charge is 2.15. The predicted molar refractivity (Wildman–Crippen MR) is 86.5 cm³/mol. The molecule has 4 heteroatoms. The lowest BCUT2D eigenvalue weighted by atomic mass is 10.2. The van der Waals surface area contributed by atoms with Gasteiger partial charge in [0.2, 0.25) is 0 Å². The van der Waals surface area contributed by atoms with Gasteiger partial charge in [0.05, 0.1) is 17.3 Å². The average Bonchev–Trinajstić information content (AvgIpc) is 3.14. The van der Waals surface area contributed by atoms with Gasteiger partial charge in [0, 0.05) is 10.2 Å². The van der Waals surface area contributed by atoms with Crippen molar-refractivity contribution in [1.82, 2.24) is 9.55 Å². The lowest BCUT2D eigenvalue weighted by molar-refractivity contribution is 0.576. The molecule has 0 bridgehead atoms. The van der Waals surface area contributed by atoms with Crippen LogP contribution in [0.15, 0.2) is 75.8 Å². The van der Waals surface area contributed by atoms with Crippen molar-refractivity contribution in [3.63, 3.8) is 0 Å². The monoisotopic (exact) mass is 338 g/mol. The van der Waals surface area contributed by atoms with Crippen molar-refractivity contribution in [2.24, 2.45) is 0 Å². The Morgan fingerprint density at radius 2 is 1.86 bits per heavy atom. The standard InChI is InChI=1S/C17H11BrN2O/c18-12-5-3-6-13(11-12)20-15-8-2-1-7-14(15)19-17(20)16-9-4-10-21-16/h1-11H. The topological polar surface area (TPSA) is 31.0 Å². The summed E-state index contributed by atoms with van der Waals surface area (Å²) in [5.41, 5.74) is 3.05. The maximum atomic E-state index is 5.55. The molecule has 0 aliphatic carbocycles. The van der Waals surface area contributed by atoms with E-state index in [1.165, 1.54) is 0 Å². The van der Waals surface area contributed by atoms with E-state index in [4.69, 9.17) is 9.40 Å². The van der Waals surface area contributed by atoms with Gasteiger partial charge in [-0.25, -0.2) is 4.98 Å². The summed E-state index contributed by atoms with van der Waals surface area (Å²) in [7, 11) is 0. The fourth-order valence-corrected chi connectivity index (χ4v) is 2.86. The third-order valence-electron chi connectivity index (χ3n) is 3.37. The molecular formula is C17H11BrN2O. The molecule has 2 aromatic carbocycles. The van der Waals surface area contributed by atoms with Crippen LogP contribution in [0.4, 0.5) is 0 Å². The number of aromatic nitrogens is 2. The number of furan rings is 1. The minimum absolute atomic E-state index is 0.756. The van der Waals surface area contributed by atoms with Crippen molar-refractivity contribution in [2.45, 2.75) is 0 Å². The lowest BCUT2D eigenvalue weighted by Gasteiger charge is -2.08. The predicted octanol–water partition coefficient (Wildman–Crippen LogP) is 5.05. The van der Waals surface area contributed by atoms with E-state index in [1.807, 2.05) is 42.5 Å². The van der Waals surface area contributed by atoms with Gasteiger partial charge in [-0.15, -0.1) is 0 Å². The van der Waals surface area contributed by atoms with Crippen molar-refractivity contribution in [3.8, 4) is 17.3 Å². The second-order valence-corrected chi connectivity index (χ2v) is 5.63. The molecule has 0 unspecified atom stereocenters. The van der Waals surface area contributed by atoms with Crippen LogP contribution in [0, 0.1) is 0 Å². The van der Waals surface area contributed by atoms with Crippen LogP contribution in [0.1, 0.15) is 0 Å². The Kier molecular flexibility index (Phi) is 2.89. The Hall–Kier alpha value is -2.33. The molecule has 0 atom stereocenters. The van der Waals surface area contributed by atoms with E-state index in [0.29, 0.717) is 0 Å². The summed E-state index contributed by atoms with van der Waals surface area (Å²) in [6.07, 6.45) is 1.67. The summed E-state index contributed by atoms with van der Waals surface area (Å²) in [6, 6.07) is 20.0. The summed E-state index contributed by atoms with van der Waals surface area (Å²) < 4.78 is 8.69. The second-order valence-electron chi connectivity index (χ2n) is 4.72. The van der Waals surface area contributed by atoms with E-state index in [9.17, 15) is 0 Å². The molecule has 0 saturated heterocycles. The molecule has 2 aromatic heterocycles. The normalized spacial score (nSPS) is 11.1. The largest absolute Gasteiger partial charge is 0.461 e. The molecule has 2 heterocycles. The maximum Gasteiger partial charge on any atom is 0.181 e. The van der Waals surface area contributed by atoms with Crippen LogP contribution in [0.2, 0.25) is 0 Å². The molecule has 0 amide bonds. The lowest BCUT2D eigenvalue weighted by Crippen LogP contribution is -1.96. The molecule has 4 aromatic rings. The third-order valence-corrected chi connectivity index (χ3v) is 3.86. The molecule has 4 rings (SSSR count). The Morgan fingerprint density at radius 1 is 0.952 bits per heavy atom. The zero-order chi connectivity index (χ0) is 14.2. The van der Waals surface area contributed by atoms with E-state index < -0.39 is 0 Å². The second kappa shape index (κ2) is 4.90. The Bertz CT molecular complexity index is 910. The molecule has 0 aliphatic heterocycles. The van der Waals surface area contributed by atoms with Crippen LogP contribution in [0.3, 0.4) is 0 Å².